The fraction of sp³-hybridized carbons (Fsp3) is 0.962. The molecule has 4 nitrogen and oxygen atoms in total. The van der Waals surface area contributed by atoms with E-state index >= 15 is 0 Å². The van der Waals surface area contributed by atoms with E-state index in [2.05, 4.69) is 27.7 Å². The number of rotatable bonds is 3. The standard InChI is InChI=1S/C26H42O4/c1-5-17-21-14-16(27)8-10-26(21,4)20-9-11-25(3)18(15(2)24-29-12-13-30-24)6-7-19(25)22(20)23(17)28/h15,17-24,28H,5-14H2,1-4H3/t15-,17-,18+,19?,20?,21?,22?,23?,25+,26+/m0/s1. The van der Waals surface area contributed by atoms with Gasteiger partial charge in [0.1, 0.15) is 5.78 Å². The fourth-order valence-corrected chi connectivity index (χ4v) is 9.54. The van der Waals surface area contributed by atoms with Gasteiger partial charge in [-0.2, -0.15) is 0 Å². The smallest absolute Gasteiger partial charge is 0.160 e. The lowest BCUT2D eigenvalue weighted by molar-refractivity contribution is -0.198. The zero-order valence-corrected chi connectivity index (χ0v) is 19.4. The summed E-state index contributed by atoms with van der Waals surface area (Å²) in [6, 6.07) is 0. The molecule has 1 saturated heterocycles. The van der Waals surface area contributed by atoms with Crippen LogP contribution in [0, 0.1) is 52.3 Å². The summed E-state index contributed by atoms with van der Waals surface area (Å²) >= 11 is 0. The molecule has 0 aromatic rings. The molecule has 0 bridgehead atoms. The van der Waals surface area contributed by atoms with Gasteiger partial charge in [0.2, 0.25) is 0 Å². The van der Waals surface area contributed by atoms with Crippen molar-refractivity contribution < 1.29 is 19.4 Å². The maximum Gasteiger partial charge on any atom is 0.160 e. The van der Waals surface area contributed by atoms with Gasteiger partial charge in [0.05, 0.1) is 19.3 Å². The Morgan fingerprint density at radius 3 is 2.43 bits per heavy atom. The molecule has 0 aromatic carbocycles. The highest BCUT2D eigenvalue weighted by atomic mass is 16.7. The summed E-state index contributed by atoms with van der Waals surface area (Å²) in [6.45, 7) is 11.0. The number of carbonyl (C=O) groups excluding carboxylic acids is 1. The number of aliphatic hydroxyl groups excluding tert-OH is 1. The Morgan fingerprint density at radius 2 is 1.73 bits per heavy atom. The largest absolute Gasteiger partial charge is 0.393 e. The molecule has 4 heteroatoms. The van der Waals surface area contributed by atoms with E-state index in [1.165, 1.54) is 25.7 Å². The molecule has 30 heavy (non-hydrogen) atoms. The number of ketones is 1. The SMILES string of the molecule is CC[C@@H]1C(O)C2C(CC[C@@]3(C)C2CC[C@@H]3[C@H](C)C2OCCO2)[C@@]2(C)CCC(=O)CC12. The van der Waals surface area contributed by atoms with Crippen molar-refractivity contribution in [3.05, 3.63) is 0 Å². The summed E-state index contributed by atoms with van der Waals surface area (Å²) in [6.07, 6.45) is 8.11. The lowest BCUT2D eigenvalue weighted by Crippen LogP contribution is -2.62. The van der Waals surface area contributed by atoms with Crippen molar-refractivity contribution in [3.8, 4) is 0 Å². The molecule has 0 spiro atoms. The van der Waals surface area contributed by atoms with E-state index in [1.54, 1.807) is 0 Å². The van der Waals surface area contributed by atoms with E-state index in [1.807, 2.05) is 0 Å². The zero-order valence-electron chi connectivity index (χ0n) is 19.4. The van der Waals surface area contributed by atoms with E-state index in [0.29, 0.717) is 47.7 Å². The molecule has 1 aliphatic heterocycles. The fourth-order valence-electron chi connectivity index (χ4n) is 9.54. The molecule has 1 N–H and O–H groups in total. The lowest BCUT2D eigenvalue weighted by Gasteiger charge is -2.64. The van der Waals surface area contributed by atoms with E-state index in [0.717, 1.165) is 32.5 Å². The van der Waals surface area contributed by atoms with E-state index in [9.17, 15) is 9.90 Å². The first-order valence-corrected chi connectivity index (χ1v) is 12.7. The van der Waals surface area contributed by atoms with Crippen LogP contribution in [-0.4, -0.2) is 36.5 Å². The van der Waals surface area contributed by atoms with Crippen LogP contribution in [0.4, 0.5) is 0 Å². The minimum absolute atomic E-state index is 0.0470. The molecule has 0 radical (unpaired) electrons. The van der Waals surface area contributed by atoms with Crippen LogP contribution < -0.4 is 0 Å². The van der Waals surface area contributed by atoms with Gasteiger partial charge in [-0.05, 0) is 78.4 Å². The Balaban J connectivity index is 1.46. The molecule has 4 saturated carbocycles. The van der Waals surface area contributed by atoms with E-state index in [4.69, 9.17) is 9.47 Å². The van der Waals surface area contributed by atoms with Crippen molar-refractivity contribution in [3.63, 3.8) is 0 Å². The minimum atomic E-state index is -0.248. The zero-order chi connectivity index (χ0) is 21.3. The molecule has 5 aliphatic rings. The molecule has 10 atom stereocenters. The molecule has 170 valence electrons. The highest BCUT2D eigenvalue weighted by molar-refractivity contribution is 5.79. The second-order valence-corrected chi connectivity index (χ2v) is 11.9. The quantitative estimate of drug-likeness (QED) is 0.713. The van der Waals surface area contributed by atoms with Crippen LogP contribution in [0.1, 0.15) is 79.1 Å². The summed E-state index contributed by atoms with van der Waals surface area (Å²) in [5.41, 5.74) is 0.490. The second-order valence-electron chi connectivity index (χ2n) is 11.9. The van der Waals surface area contributed by atoms with Crippen LogP contribution in [0.2, 0.25) is 0 Å². The van der Waals surface area contributed by atoms with Crippen LogP contribution in [-0.2, 0) is 14.3 Å². The van der Waals surface area contributed by atoms with Crippen molar-refractivity contribution in [1.82, 2.24) is 0 Å². The summed E-state index contributed by atoms with van der Waals surface area (Å²) in [5.74, 6) is 3.65. The van der Waals surface area contributed by atoms with Crippen LogP contribution in [0.25, 0.3) is 0 Å². The van der Waals surface area contributed by atoms with Crippen molar-refractivity contribution in [1.29, 1.82) is 0 Å². The van der Waals surface area contributed by atoms with Gasteiger partial charge < -0.3 is 14.6 Å². The number of carbonyl (C=O) groups is 1. The number of hydrogen-bond acceptors (Lipinski definition) is 4. The third-order valence-corrected chi connectivity index (χ3v) is 11.0. The molecule has 5 rings (SSSR count). The van der Waals surface area contributed by atoms with E-state index < -0.39 is 0 Å². The maximum absolute atomic E-state index is 12.4. The number of fused-ring (bicyclic) bond motifs is 5. The van der Waals surface area contributed by atoms with Crippen molar-refractivity contribution in [2.75, 3.05) is 13.2 Å². The van der Waals surface area contributed by atoms with Gasteiger partial charge >= 0.3 is 0 Å². The topological polar surface area (TPSA) is 55.8 Å². The summed E-state index contributed by atoms with van der Waals surface area (Å²) in [7, 11) is 0. The van der Waals surface area contributed by atoms with E-state index in [-0.39, 0.29) is 29.1 Å². The Morgan fingerprint density at radius 1 is 1.03 bits per heavy atom. The van der Waals surface area contributed by atoms with Gasteiger partial charge in [0.15, 0.2) is 6.29 Å². The molecular weight excluding hydrogens is 376 g/mol. The van der Waals surface area contributed by atoms with Gasteiger partial charge in [-0.3, -0.25) is 4.79 Å². The molecule has 5 unspecified atom stereocenters. The third kappa shape index (κ3) is 2.92. The highest BCUT2D eigenvalue weighted by Crippen LogP contribution is 2.69. The summed E-state index contributed by atoms with van der Waals surface area (Å²) in [5, 5.41) is 11.7. The maximum atomic E-state index is 12.4. The van der Waals surface area contributed by atoms with Crippen LogP contribution in [0.3, 0.4) is 0 Å². The van der Waals surface area contributed by atoms with Crippen LogP contribution in [0.15, 0.2) is 0 Å². The van der Waals surface area contributed by atoms with Crippen LogP contribution in [0.5, 0.6) is 0 Å². The van der Waals surface area contributed by atoms with Crippen molar-refractivity contribution in [2.24, 2.45) is 52.3 Å². The van der Waals surface area contributed by atoms with Gasteiger partial charge in [0, 0.05) is 18.8 Å². The molecule has 1 heterocycles. The van der Waals surface area contributed by atoms with Crippen molar-refractivity contribution >= 4 is 5.78 Å². The van der Waals surface area contributed by atoms with Crippen LogP contribution >= 0.6 is 0 Å². The van der Waals surface area contributed by atoms with Crippen molar-refractivity contribution in [2.45, 2.75) is 91.5 Å². The molecule has 4 aliphatic carbocycles. The molecule has 0 aromatic heterocycles. The number of aliphatic hydroxyl groups is 1. The first-order valence-electron chi connectivity index (χ1n) is 12.7. The molecule has 0 amide bonds. The van der Waals surface area contributed by atoms with Gasteiger partial charge in [-0.15, -0.1) is 0 Å². The number of ether oxygens (including phenoxy) is 2. The normalized spacial score (nSPS) is 52.6. The predicted octanol–water partition coefficient (Wildman–Crippen LogP) is 4.83. The lowest BCUT2D eigenvalue weighted by atomic mass is 9.41. The second kappa shape index (κ2) is 7.56. The predicted molar refractivity (Wildman–Crippen MR) is 116 cm³/mol. The van der Waals surface area contributed by atoms with Gasteiger partial charge in [-0.1, -0.05) is 34.1 Å². The number of Topliss-reactive ketones (excluding diaryl/α,β-unsaturated/α-hetero) is 1. The summed E-state index contributed by atoms with van der Waals surface area (Å²) in [4.78, 5) is 12.4. The Hall–Kier alpha value is -0.450. The minimum Gasteiger partial charge on any atom is -0.393 e. The molecule has 5 fully saturated rings. The monoisotopic (exact) mass is 418 g/mol. The highest BCUT2D eigenvalue weighted by Gasteiger charge is 2.65. The first-order chi connectivity index (χ1) is 14.3. The Kier molecular flexibility index (Phi) is 5.39. The number of hydrogen-bond donors (Lipinski definition) is 1. The van der Waals surface area contributed by atoms with Gasteiger partial charge in [-0.25, -0.2) is 0 Å². The average Bonchev–Trinajstić information content (AvgIpc) is 3.37. The average molecular weight is 419 g/mol. The Labute approximate surface area is 182 Å². The molecular formula is C26H42O4. The first kappa shape index (κ1) is 21.4. The Bertz CT molecular complexity index is 672. The third-order valence-electron chi connectivity index (χ3n) is 11.0. The van der Waals surface area contributed by atoms with Gasteiger partial charge in [0.25, 0.3) is 0 Å². The summed E-state index contributed by atoms with van der Waals surface area (Å²) < 4.78 is 11.8.